The number of hydrogen-bond acceptors (Lipinski definition) is 8. The summed E-state index contributed by atoms with van der Waals surface area (Å²) >= 11 is 1.40. The van der Waals surface area contributed by atoms with Crippen molar-refractivity contribution in [1.29, 1.82) is 0 Å². The zero-order chi connectivity index (χ0) is 27.4. The van der Waals surface area contributed by atoms with E-state index < -0.39 is 0 Å². The Kier molecular flexibility index (Phi) is 7.74. The number of aromatic nitrogens is 3. The molecule has 10 heteroatoms. The number of ether oxygens (including phenoxy) is 1. The second-order valence-corrected chi connectivity index (χ2v) is 10.0. The Hall–Kier alpha value is -4.44. The summed E-state index contributed by atoms with van der Waals surface area (Å²) in [6.45, 7) is 4.23. The minimum atomic E-state index is 0.00826. The molecule has 5 rings (SSSR count). The number of benzene rings is 3. The van der Waals surface area contributed by atoms with Gasteiger partial charge in [0.25, 0.3) is 0 Å². The highest BCUT2D eigenvalue weighted by Gasteiger charge is 2.31. The average molecular weight is 540 g/mol. The number of carbonyl (C=O) groups is 1. The van der Waals surface area contributed by atoms with Crippen LogP contribution < -0.4 is 15.0 Å². The minimum Gasteiger partial charge on any atom is -0.497 e. The van der Waals surface area contributed by atoms with E-state index in [1.54, 1.807) is 22.9 Å². The maximum atomic E-state index is 12.7. The Bertz CT molecular complexity index is 1530. The maximum Gasteiger partial charge on any atom is 0.243 e. The minimum absolute atomic E-state index is 0.00826. The highest BCUT2D eigenvalue weighted by molar-refractivity contribution is 8.15. The molecule has 1 aromatic heterocycles. The third kappa shape index (κ3) is 5.56. The quantitative estimate of drug-likeness (QED) is 0.232. The molecule has 39 heavy (non-hydrogen) atoms. The summed E-state index contributed by atoms with van der Waals surface area (Å²) in [4.78, 5) is 19.0. The number of para-hydroxylation sites is 1. The van der Waals surface area contributed by atoms with Gasteiger partial charge in [-0.05, 0) is 47.4 Å². The van der Waals surface area contributed by atoms with Crippen LogP contribution in [0.4, 0.5) is 11.6 Å². The van der Waals surface area contributed by atoms with E-state index in [0.717, 1.165) is 33.8 Å². The molecular weight excluding hydrogens is 510 g/mol. The van der Waals surface area contributed by atoms with Gasteiger partial charge in [-0.15, -0.1) is 10.2 Å². The van der Waals surface area contributed by atoms with Crippen LogP contribution in [0.3, 0.4) is 0 Å². The van der Waals surface area contributed by atoms with Crippen LogP contribution in [0.5, 0.6) is 5.75 Å². The van der Waals surface area contributed by atoms with Crippen LogP contribution in [0, 0.1) is 0 Å². The van der Waals surface area contributed by atoms with Crippen molar-refractivity contribution in [3.8, 4) is 22.8 Å². The summed E-state index contributed by atoms with van der Waals surface area (Å²) in [6.07, 6.45) is 1.68. The predicted octanol–water partition coefficient (Wildman–Crippen LogP) is 5.58. The van der Waals surface area contributed by atoms with Crippen LogP contribution in [-0.2, 0) is 4.79 Å². The third-order valence-corrected chi connectivity index (χ3v) is 7.15. The van der Waals surface area contributed by atoms with E-state index in [1.807, 2.05) is 79.8 Å². The molecule has 1 aliphatic rings. The van der Waals surface area contributed by atoms with Crippen molar-refractivity contribution >= 4 is 40.7 Å². The smallest absolute Gasteiger partial charge is 0.243 e. The number of anilines is 2. The Balaban J connectivity index is 1.34. The Labute approximate surface area is 231 Å². The van der Waals surface area contributed by atoms with E-state index in [0.29, 0.717) is 22.7 Å². The normalized spacial score (nSPS) is 14.6. The first-order valence-electron chi connectivity index (χ1n) is 12.5. The molecular formula is C29H29N7O2S. The van der Waals surface area contributed by atoms with Gasteiger partial charge in [0.1, 0.15) is 5.75 Å². The molecule has 1 saturated heterocycles. The van der Waals surface area contributed by atoms with E-state index in [2.05, 4.69) is 34.4 Å². The van der Waals surface area contributed by atoms with Crippen molar-refractivity contribution < 1.29 is 9.53 Å². The van der Waals surface area contributed by atoms with Gasteiger partial charge in [0.05, 0.1) is 30.5 Å². The lowest BCUT2D eigenvalue weighted by Gasteiger charge is -2.20. The third-order valence-electron chi connectivity index (χ3n) is 6.23. The number of carbonyl (C=O) groups excluding carboxylic acids is 1. The zero-order valence-electron chi connectivity index (χ0n) is 22.2. The first-order valence-corrected chi connectivity index (χ1v) is 13.5. The molecule has 2 heterocycles. The van der Waals surface area contributed by atoms with Crippen molar-refractivity contribution in [3.05, 3.63) is 83.9 Å². The summed E-state index contributed by atoms with van der Waals surface area (Å²) in [5, 5.41) is 17.0. The van der Waals surface area contributed by atoms with Crippen LogP contribution in [0.1, 0.15) is 30.9 Å². The molecule has 3 aromatic carbocycles. The van der Waals surface area contributed by atoms with Gasteiger partial charge in [-0.25, -0.2) is 0 Å². The van der Waals surface area contributed by atoms with Crippen LogP contribution in [0.2, 0.25) is 0 Å². The first kappa shape index (κ1) is 26.2. The molecule has 0 spiro atoms. The lowest BCUT2D eigenvalue weighted by atomic mass is 10.0. The summed E-state index contributed by atoms with van der Waals surface area (Å²) in [5.41, 5.74) is 4.58. The number of thioether (sulfide) groups is 1. The van der Waals surface area contributed by atoms with Crippen molar-refractivity contribution in [2.75, 3.05) is 30.1 Å². The van der Waals surface area contributed by atoms with Crippen molar-refractivity contribution in [2.45, 2.75) is 19.8 Å². The Morgan fingerprint density at radius 3 is 2.49 bits per heavy atom. The fourth-order valence-corrected chi connectivity index (χ4v) is 5.03. The average Bonchev–Trinajstić information content (AvgIpc) is 3.57. The second-order valence-electron chi connectivity index (χ2n) is 9.10. The highest BCUT2D eigenvalue weighted by Crippen LogP contribution is 2.33. The molecule has 4 aromatic rings. The zero-order valence-corrected chi connectivity index (χ0v) is 23.0. The highest BCUT2D eigenvalue weighted by atomic mass is 32.2. The van der Waals surface area contributed by atoms with Gasteiger partial charge < -0.3 is 10.1 Å². The fraction of sp³-hybridized carbons (Fsp3) is 0.207. The number of nitrogens with one attached hydrogen (secondary N) is 1. The van der Waals surface area contributed by atoms with Crippen molar-refractivity contribution in [1.82, 2.24) is 14.8 Å². The van der Waals surface area contributed by atoms with Gasteiger partial charge in [0.15, 0.2) is 11.0 Å². The van der Waals surface area contributed by atoms with Crippen molar-refractivity contribution in [3.63, 3.8) is 0 Å². The maximum absolute atomic E-state index is 12.7. The molecule has 0 atom stereocenters. The lowest BCUT2D eigenvalue weighted by molar-refractivity contribution is -0.115. The van der Waals surface area contributed by atoms with Crippen LogP contribution in [0.15, 0.2) is 83.0 Å². The molecule has 1 aliphatic heterocycles. The number of nitrogens with zero attached hydrogens (tertiary/aromatic N) is 6. The number of amidine groups is 1. The van der Waals surface area contributed by atoms with Crippen LogP contribution in [-0.4, -0.2) is 52.0 Å². The molecule has 0 saturated carbocycles. The molecule has 0 unspecified atom stereocenters. The van der Waals surface area contributed by atoms with Crippen molar-refractivity contribution in [2.24, 2.45) is 10.2 Å². The Morgan fingerprint density at radius 2 is 1.79 bits per heavy atom. The van der Waals surface area contributed by atoms with Crippen LogP contribution in [0.25, 0.3) is 17.1 Å². The largest absolute Gasteiger partial charge is 0.497 e. The van der Waals surface area contributed by atoms with Gasteiger partial charge in [0, 0.05) is 12.6 Å². The van der Waals surface area contributed by atoms with Crippen LogP contribution >= 0.6 is 11.8 Å². The number of rotatable bonds is 8. The van der Waals surface area contributed by atoms with E-state index in [-0.39, 0.29) is 11.8 Å². The van der Waals surface area contributed by atoms with Gasteiger partial charge >= 0.3 is 0 Å². The van der Waals surface area contributed by atoms with Gasteiger partial charge in [0.2, 0.25) is 11.9 Å². The van der Waals surface area contributed by atoms with Gasteiger partial charge in [-0.1, -0.05) is 68.1 Å². The van der Waals surface area contributed by atoms with E-state index >= 15 is 0 Å². The van der Waals surface area contributed by atoms with E-state index in [1.165, 1.54) is 11.8 Å². The van der Waals surface area contributed by atoms with Gasteiger partial charge in [-0.3, -0.25) is 9.69 Å². The monoisotopic (exact) mass is 539 g/mol. The summed E-state index contributed by atoms with van der Waals surface area (Å²) in [7, 11) is 3.45. The number of methoxy groups -OCH3 is 1. The predicted molar refractivity (Wildman–Crippen MR) is 158 cm³/mol. The fourth-order valence-electron chi connectivity index (χ4n) is 4.22. The number of amides is 1. The molecule has 1 N–H and O–H groups in total. The lowest BCUT2D eigenvalue weighted by Crippen LogP contribution is -2.30. The SMILES string of the molecule is CNc1nc(-c2ccc(C=NN=C3SCC(=O)N3c3ccccc3C(C)C)cc2)nn1-c1ccc(OC)cc1. The van der Waals surface area contributed by atoms with Gasteiger partial charge in [-0.2, -0.15) is 14.8 Å². The second kappa shape index (κ2) is 11.5. The molecule has 0 radical (unpaired) electrons. The molecule has 0 bridgehead atoms. The van der Waals surface area contributed by atoms with E-state index in [4.69, 9.17) is 9.84 Å². The summed E-state index contributed by atoms with van der Waals surface area (Å²) in [6, 6.07) is 23.3. The number of hydrogen-bond donors (Lipinski definition) is 1. The first-order chi connectivity index (χ1) is 19.0. The standard InChI is InChI=1S/C29H29N7O2S/c1-19(2)24-7-5-6-8-25(24)35-26(37)18-39-29(35)33-31-17-20-9-11-21(12-10-20)27-32-28(30-3)36(34-27)22-13-15-23(38-4)16-14-22/h5-17,19H,18H2,1-4H3,(H,30,32,34). The summed E-state index contributed by atoms with van der Waals surface area (Å²) < 4.78 is 7.00. The molecule has 1 amide bonds. The topological polar surface area (TPSA) is 97.0 Å². The molecule has 0 aliphatic carbocycles. The molecule has 1 fully saturated rings. The molecule has 198 valence electrons. The Morgan fingerprint density at radius 1 is 1.05 bits per heavy atom. The van der Waals surface area contributed by atoms with E-state index in [9.17, 15) is 4.79 Å². The summed E-state index contributed by atoms with van der Waals surface area (Å²) in [5.74, 6) is 2.64. The molecule has 9 nitrogen and oxygen atoms in total.